The summed E-state index contributed by atoms with van der Waals surface area (Å²) in [6, 6.07) is 9.92. The molecule has 386 valence electrons. The third kappa shape index (κ3) is 9.36. The standard InChI is InChI=1S/C56H65F4N9O4/c1-2-39-43(57)8-4-33-24-38(70)27-41(47(33)39)50-49(60)51-42(28-61-50)52(69-29-34-5-6-35(30-69)62-34)65-54(64-51)73-32-56(14-15-56)31-66-20-16-55(17-21-66)12-10-36(11-13-55)67-18-3-19-68(23-22-67)37-25-44(58)48(45(59)26-37)40-7-9-46(71)63-53(40)72/h4,8,24-28,34-36,40,62,70H,2-3,5-7,9-23,29-32H2,1H3,(H,63,71,72). The maximum absolute atomic E-state index is 17.2. The summed E-state index contributed by atoms with van der Waals surface area (Å²) >= 11 is 0. The lowest BCUT2D eigenvalue weighted by Gasteiger charge is -2.48. The van der Waals surface area contributed by atoms with E-state index in [2.05, 4.69) is 35.2 Å². The Morgan fingerprint density at radius 1 is 0.808 bits per heavy atom. The molecule has 7 aliphatic rings. The Labute approximate surface area is 423 Å². The topological polar surface area (TPSA) is 139 Å². The molecule has 5 aromatic rings. The molecule has 5 aliphatic heterocycles. The number of benzene rings is 3. The number of likely N-dealkylation sites (tertiary alicyclic amines) is 1. The van der Waals surface area contributed by atoms with E-state index < -0.39 is 41.0 Å². The van der Waals surface area contributed by atoms with E-state index in [1.165, 1.54) is 37.1 Å². The number of nitrogens with zero attached hydrogens (tertiary/aromatic N) is 7. The highest BCUT2D eigenvalue weighted by Crippen LogP contribution is 2.50. The lowest BCUT2D eigenvalue weighted by molar-refractivity contribution is -0.134. The molecule has 2 bridgehead atoms. The zero-order valence-electron chi connectivity index (χ0n) is 41.6. The van der Waals surface area contributed by atoms with E-state index in [-0.39, 0.29) is 46.8 Å². The van der Waals surface area contributed by atoms with Gasteiger partial charge in [0, 0.05) is 98.8 Å². The highest BCUT2D eigenvalue weighted by atomic mass is 19.1. The number of carbonyl (C=O) groups is 2. The van der Waals surface area contributed by atoms with Crippen LogP contribution in [0.15, 0.2) is 42.6 Å². The predicted molar refractivity (Wildman–Crippen MR) is 271 cm³/mol. The third-order valence-corrected chi connectivity index (χ3v) is 17.9. The fraction of sp³-hybridized carbons (Fsp3) is 0.554. The van der Waals surface area contributed by atoms with Crippen LogP contribution in [0, 0.1) is 34.1 Å². The maximum atomic E-state index is 17.2. The number of aromatic nitrogens is 3. The maximum Gasteiger partial charge on any atom is 0.319 e. The number of rotatable bonds is 11. The third-order valence-electron chi connectivity index (χ3n) is 17.9. The van der Waals surface area contributed by atoms with Crippen LogP contribution < -0.4 is 25.2 Å². The molecule has 7 fully saturated rings. The van der Waals surface area contributed by atoms with Crippen molar-refractivity contribution in [2.24, 2.45) is 10.8 Å². The number of imide groups is 1. The number of piperidine rings is 2. The summed E-state index contributed by atoms with van der Waals surface area (Å²) in [7, 11) is 0. The summed E-state index contributed by atoms with van der Waals surface area (Å²) in [5, 5.41) is 18.3. The minimum Gasteiger partial charge on any atom is -0.508 e. The molecular weight excluding hydrogens is 939 g/mol. The molecule has 17 heteroatoms. The van der Waals surface area contributed by atoms with Gasteiger partial charge in [0.2, 0.25) is 11.8 Å². The van der Waals surface area contributed by atoms with Gasteiger partial charge in [-0.3, -0.25) is 24.8 Å². The van der Waals surface area contributed by atoms with Crippen molar-refractivity contribution in [2.75, 3.05) is 75.3 Å². The van der Waals surface area contributed by atoms with Crippen molar-refractivity contribution >= 4 is 45.0 Å². The van der Waals surface area contributed by atoms with E-state index in [0.29, 0.717) is 88.4 Å². The molecule has 2 aromatic heterocycles. The Kier molecular flexibility index (Phi) is 12.7. The van der Waals surface area contributed by atoms with Crippen molar-refractivity contribution in [2.45, 2.75) is 121 Å². The number of phenolic OH excluding ortho intramolecular Hbond substituents is 1. The Morgan fingerprint density at radius 3 is 2.27 bits per heavy atom. The number of piperazine rings is 1. The minimum atomic E-state index is -1.01. The summed E-state index contributed by atoms with van der Waals surface area (Å²) in [4.78, 5) is 47.9. The molecule has 3 atom stereocenters. The van der Waals surface area contributed by atoms with Gasteiger partial charge in [-0.1, -0.05) is 13.0 Å². The zero-order chi connectivity index (χ0) is 50.2. The predicted octanol–water partition coefficient (Wildman–Crippen LogP) is 8.53. The molecule has 73 heavy (non-hydrogen) atoms. The number of amides is 2. The van der Waals surface area contributed by atoms with E-state index in [4.69, 9.17) is 14.7 Å². The molecule has 3 aromatic carbocycles. The quantitative estimate of drug-likeness (QED) is 0.0864. The number of hydrogen-bond acceptors (Lipinski definition) is 12. The van der Waals surface area contributed by atoms with Crippen LogP contribution in [0.5, 0.6) is 11.8 Å². The van der Waals surface area contributed by atoms with Crippen LogP contribution >= 0.6 is 0 Å². The first-order chi connectivity index (χ1) is 35.3. The highest BCUT2D eigenvalue weighted by molar-refractivity contribution is 6.02. The average molecular weight is 1000 g/mol. The van der Waals surface area contributed by atoms with Gasteiger partial charge < -0.3 is 29.9 Å². The number of aryl methyl sites for hydroxylation is 1. The second-order valence-corrected chi connectivity index (χ2v) is 22.5. The SMILES string of the molecule is CCc1c(F)ccc2cc(O)cc(-c3ncc4c(N5CC6CCC(C5)N6)nc(OCC5(CN6CCC7(CCC(N8CCCN(c9cc(F)c(C%10CCC(=O)NC%10=O)c(F)c9)CC8)CC7)CC6)CC5)nc4c3F)c12. The van der Waals surface area contributed by atoms with E-state index in [9.17, 15) is 14.7 Å². The Bertz CT molecular complexity index is 2940. The fourth-order valence-electron chi connectivity index (χ4n) is 13.6. The molecule has 2 amide bonds. The van der Waals surface area contributed by atoms with Crippen LogP contribution in [-0.2, 0) is 16.0 Å². The molecular formula is C56H65F4N9O4. The van der Waals surface area contributed by atoms with Gasteiger partial charge in [0.05, 0.1) is 17.9 Å². The molecule has 13 nitrogen and oxygen atoms in total. The van der Waals surface area contributed by atoms with Crippen molar-refractivity contribution in [1.82, 2.24) is 35.4 Å². The molecule has 2 saturated carbocycles. The van der Waals surface area contributed by atoms with Crippen LogP contribution in [0.3, 0.4) is 0 Å². The van der Waals surface area contributed by atoms with Gasteiger partial charge in [0.1, 0.15) is 40.2 Å². The largest absolute Gasteiger partial charge is 0.508 e. The molecule has 3 N–H and O–H groups in total. The zero-order valence-corrected chi connectivity index (χ0v) is 41.6. The van der Waals surface area contributed by atoms with Crippen molar-refractivity contribution < 1.29 is 37.0 Å². The van der Waals surface area contributed by atoms with Crippen molar-refractivity contribution in [3.05, 3.63) is 77.0 Å². The minimum absolute atomic E-state index is 0.0137. The number of anilines is 2. The number of pyridine rings is 1. The summed E-state index contributed by atoms with van der Waals surface area (Å²) in [5.74, 6) is -4.09. The van der Waals surface area contributed by atoms with E-state index in [0.717, 1.165) is 104 Å². The summed E-state index contributed by atoms with van der Waals surface area (Å²) in [6.45, 7) is 9.85. The van der Waals surface area contributed by atoms with Gasteiger partial charge in [-0.15, -0.1) is 0 Å². The second-order valence-electron chi connectivity index (χ2n) is 22.5. The first-order valence-corrected chi connectivity index (χ1v) is 26.8. The molecule has 3 unspecified atom stereocenters. The number of fused-ring (bicyclic) bond motifs is 4. The van der Waals surface area contributed by atoms with E-state index in [1.807, 2.05) is 6.92 Å². The van der Waals surface area contributed by atoms with Gasteiger partial charge in [-0.25, -0.2) is 17.6 Å². The second kappa shape index (κ2) is 19.2. The highest BCUT2D eigenvalue weighted by Gasteiger charge is 2.47. The Balaban J connectivity index is 0.686. The summed E-state index contributed by atoms with van der Waals surface area (Å²) in [5.41, 5.74) is 1.34. The van der Waals surface area contributed by atoms with Gasteiger partial charge in [0.15, 0.2) is 5.82 Å². The number of phenols is 1. The van der Waals surface area contributed by atoms with E-state index >= 15 is 17.6 Å². The monoisotopic (exact) mass is 1000 g/mol. The number of hydrogen-bond donors (Lipinski definition) is 3. The lowest BCUT2D eigenvalue weighted by Crippen LogP contribution is -2.51. The molecule has 1 spiro atoms. The number of carbonyl (C=O) groups excluding carboxylic acids is 2. The number of aromatic hydroxyl groups is 1. The van der Waals surface area contributed by atoms with E-state index in [1.54, 1.807) is 18.3 Å². The normalized spacial score (nSPS) is 24.6. The van der Waals surface area contributed by atoms with Crippen molar-refractivity contribution in [1.29, 1.82) is 0 Å². The lowest BCUT2D eigenvalue weighted by atomic mass is 9.66. The molecule has 2 aliphatic carbocycles. The van der Waals surface area contributed by atoms with Gasteiger partial charge in [-0.2, -0.15) is 9.97 Å². The molecule has 12 rings (SSSR count). The van der Waals surface area contributed by atoms with Gasteiger partial charge in [0.25, 0.3) is 0 Å². The van der Waals surface area contributed by atoms with Crippen LogP contribution in [-0.4, -0.2) is 125 Å². The Hall–Kier alpha value is -5.65. The molecule has 5 saturated heterocycles. The van der Waals surface area contributed by atoms with Crippen molar-refractivity contribution in [3.8, 4) is 23.0 Å². The Morgan fingerprint density at radius 2 is 1.56 bits per heavy atom. The molecule has 7 heterocycles. The average Bonchev–Trinajstić information content (AvgIpc) is 4.13. The number of ether oxygens (including phenoxy) is 1. The van der Waals surface area contributed by atoms with Gasteiger partial charge in [-0.05, 0) is 149 Å². The van der Waals surface area contributed by atoms with Crippen molar-refractivity contribution in [3.63, 3.8) is 0 Å². The van der Waals surface area contributed by atoms with Crippen LogP contribution in [0.2, 0.25) is 0 Å². The first-order valence-electron chi connectivity index (χ1n) is 26.8. The number of nitrogens with one attached hydrogen (secondary N) is 2. The summed E-state index contributed by atoms with van der Waals surface area (Å²) in [6.07, 6.45) is 14.2. The fourth-order valence-corrected chi connectivity index (χ4v) is 13.6. The van der Waals surface area contributed by atoms with Gasteiger partial charge >= 0.3 is 6.01 Å². The first kappa shape index (κ1) is 48.3. The van der Waals surface area contributed by atoms with Crippen LogP contribution in [0.25, 0.3) is 32.9 Å². The summed E-state index contributed by atoms with van der Waals surface area (Å²) < 4.78 is 69.9. The molecule has 0 radical (unpaired) electrons. The smallest absolute Gasteiger partial charge is 0.319 e. The van der Waals surface area contributed by atoms with Crippen LogP contribution in [0.4, 0.5) is 29.1 Å². The van der Waals surface area contributed by atoms with Crippen LogP contribution in [0.1, 0.15) is 107 Å². The number of halogens is 4.